The molecule has 9 heavy (non-hydrogen) atoms. The van der Waals surface area contributed by atoms with E-state index in [-0.39, 0.29) is 5.78 Å². The molecule has 0 aromatic rings. The van der Waals surface area contributed by atoms with Gasteiger partial charge in [-0.15, -0.1) is 0 Å². The summed E-state index contributed by atoms with van der Waals surface area (Å²) < 4.78 is 0. The fourth-order valence-electron chi connectivity index (χ4n) is 0.537. The summed E-state index contributed by atoms with van der Waals surface area (Å²) in [5.74, 6) is -0.00523. The van der Waals surface area contributed by atoms with Crippen LogP contribution in [0.1, 0.15) is 20.3 Å². The van der Waals surface area contributed by atoms with Crippen LogP contribution in [-0.2, 0) is 9.59 Å². The predicted octanol–water partition coefficient (Wildman–Crippen LogP) is 1.11. The zero-order valence-electron chi connectivity index (χ0n) is 5.68. The highest BCUT2D eigenvalue weighted by molar-refractivity contribution is 5.88. The molecule has 0 atom stereocenters. The fourth-order valence-corrected chi connectivity index (χ4v) is 0.537. The number of carbonyl (C=O) groups is 2. The average Bonchev–Trinajstić information content (AvgIpc) is 1.63. The van der Waals surface area contributed by atoms with Crippen molar-refractivity contribution in [2.24, 2.45) is 0 Å². The van der Waals surface area contributed by atoms with Crippen molar-refractivity contribution in [1.29, 1.82) is 0 Å². The molecule has 50 valence electrons. The molecule has 2 heteroatoms. The second-order valence-corrected chi connectivity index (χ2v) is 1.97. The molecule has 0 rings (SSSR count). The van der Waals surface area contributed by atoms with E-state index < -0.39 is 0 Å². The molecular formula is C7H10O2. The van der Waals surface area contributed by atoms with Gasteiger partial charge in [0.2, 0.25) is 0 Å². The van der Waals surface area contributed by atoms with E-state index in [4.69, 9.17) is 0 Å². The van der Waals surface area contributed by atoms with Crippen molar-refractivity contribution in [3.05, 3.63) is 11.6 Å². The van der Waals surface area contributed by atoms with Crippen molar-refractivity contribution >= 4 is 12.1 Å². The third-order valence-electron chi connectivity index (χ3n) is 0.855. The normalized spacial score (nSPS) is 11.1. The molecule has 0 unspecified atom stereocenters. The summed E-state index contributed by atoms with van der Waals surface area (Å²) in [5, 5.41) is 0. The predicted molar refractivity (Wildman–Crippen MR) is 35.1 cm³/mol. The Morgan fingerprint density at radius 1 is 1.44 bits per heavy atom. The Kier molecular flexibility index (Phi) is 3.60. The molecule has 0 fully saturated rings. The molecule has 0 saturated carbocycles. The number of hydrogen-bond acceptors (Lipinski definition) is 2. The summed E-state index contributed by atoms with van der Waals surface area (Å²) in [6.45, 7) is 3.23. The lowest BCUT2D eigenvalue weighted by molar-refractivity contribution is -0.112. The number of ketones is 1. The molecule has 0 heterocycles. The Bertz CT molecular complexity index is 145. The van der Waals surface area contributed by atoms with E-state index in [0.29, 0.717) is 6.42 Å². The van der Waals surface area contributed by atoms with Crippen molar-refractivity contribution in [3.63, 3.8) is 0 Å². The zero-order chi connectivity index (χ0) is 7.28. The molecule has 0 radical (unpaired) electrons. The molecule has 0 spiro atoms. The highest BCUT2D eigenvalue weighted by Crippen LogP contribution is 1.95. The van der Waals surface area contributed by atoms with Gasteiger partial charge in [-0.25, -0.2) is 0 Å². The molecular weight excluding hydrogens is 116 g/mol. The van der Waals surface area contributed by atoms with E-state index in [1.54, 1.807) is 6.92 Å². The van der Waals surface area contributed by atoms with Gasteiger partial charge in [0.1, 0.15) is 6.29 Å². The first-order valence-corrected chi connectivity index (χ1v) is 2.78. The standard InChI is InChI=1S/C7H10O2/c1-6(3-4-8)5-7(2)9/h4-5H,3H2,1-2H3/b6-5+. The average molecular weight is 126 g/mol. The van der Waals surface area contributed by atoms with Crippen molar-refractivity contribution in [2.45, 2.75) is 20.3 Å². The smallest absolute Gasteiger partial charge is 0.152 e. The molecule has 0 amide bonds. The minimum absolute atomic E-state index is 0.00523. The zero-order valence-corrected chi connectivity index (χ0v) is 5.68. The molecule has 0 bridgehead atoms. The van der Waals surface area contributed by atoms with Gasteiger partial charge in [-0.2, -0.15) is 0 Å². The number of aldehydes is 1. The Balaban J connectivity index is 3.83. The first-order valence-electron chi connectivity index (χ1n) is 2.78. The van der Waals surface area contributed by atoms with Crippen LogP contribution in [0, 0.1) is 0 Å². The van der Waals surface area contributed by atoms with E-state index in [1.165, 1.54) is 13.0 Å². The van der Waals surface area contributed by atoms with E-state index in [9.17, 15) is 9.59 Å². The first-order chi connectivity index (χ1) is 4.16. The number of carbonyl (C=O) groups excluding carboxylic acids is 2. The fraction of sp³-hybridized carbons (Fsp3) is 0.429. The van der Waals surface area contributed by atoms with E-state index >= 15 is 0 Å². The van der Waals surface area contributed by atoms with Crippen molar-refractivity contribution < 1.29 is 9.59 Å². The van der Waals surface area contributed by atoms with Gasteiger partial charge in [-0.1, -0.05) is 5.57 Å². The van der Waals surface area contributed by atoms with E-state index in [1.807, 2.05) is 0 Å². The van der Waals surface area contributed by atoms with Crippen molar-refractivity contribution in [1.82, 2.24) is 0 Å². The Morgan fingerprint density at radius 3 is 2.33 bits per heavy atom. The lowest BCUT2D eigenvalue weighted by Gasteiger charge is -1.87. The van der Waals surface area contributed by atoms with E-state index in [0.717, 1.165) is 11.9 Å². The topological polar surface area (TPSA) is 34.1 Å². The SMILES string of the molecule is CC(=O)/C=C(\C)CC=O. The van der Waals surface area contributed by atoms with Crippen LogP contribution >= 0.6 is 0 Å². The van der Waals surface area contributed by atoms with Crippen LogP contribution in [0.25, 0.3) is 0 Å². The molecule has 0 aliphatic heterocycles. The van der Waals surface area contributed by atoms with Crippen LogP contribution in [-0.4, -0.2) is 12.1 Å². The number of hydrogen-bond donors (Lipinski definition) is 0. The van der Waals surface area contributed by atoms with Crippen LogP contribution in [0.2, 0.25) is 0 Å². The number of allylic oxidation sites excluding steroid dienone is 2. The molecule has 0 aliphatic rings. The molecule has 0 N–H and O–H groups in total. The van der Waals surface area contributed by atoms with Gasteiger partial charge in [0.15, 0.2) is 5.78 Å². The van der Waals surface area contributed by atoms with Crippen LogP contribution in [0.15, 0.2) is 11.6 Å². The summed E-state index contributed by atoms with van der Waals surface area (Å²) in [4.78, 5) is 20.2. The Labute approximate surface area is 54.6 Å². The number of rotatable bonds is 3. The van der Waals surface area contributed by atoms with Gasteiger partial charge in [0.25, 0.3) is 0 Å². The van der Waals surface area contributed by atoms with Crippen LogP contribution in [0.3, 0.4) is 0 Å². The third kappa shape index (κ3) is 4.94. The summed E-state index contributed by atoms with van der Waals surface area (Å²) in [5.41, 5.74) is 0.817. The highest BCUT2D eigenvalue weighted by atomic mass is 16.1. The Morgan fingerprint density at radius 2 is 2.00 bits per heavy atom. The summed E-state index contributed by atoms with van der Waals surface area (Å²) >= 11 is 0. The van der Waals surface area contributed by atoms with Crippen LogP contribution in [0.4, 0.5) is 0 Å². The molecule has 0 aromatic carbocycles. The van der Waals surface area contributed by atoms with Crippen molar-refractivity contribution in [3.8, 4) is 0 Å². The molecule has 0 aliphatic carbocycles. The highest BCUT2D eigenvalue weighted by Gasteiger charge is 1.88. The van der Waals surface area contributed by atoms with Crippen LogP contribution in [0.5, 0.6) is 0 Å². The second-order valence-electron chi connectivity index (χ2n) is 1.97. The largest absolute Gasteiger partial charge is 0.303 e. The maximum atomic E-state index is 10.3. The minimum Gasteiger partial charge on any atom is -0.303 e. The maximum absolute atomic E-state index is 10.3. The Hall–Kier alpha value is -0.920. The lowest BCUT2D eigenvalue weighted by Crippen LogP contribution is -1.85. The summed E-state index contributed by atoms with van der Waals surface area (Å²) in [7, 11) is 0. The second kappa shape index (κ2) is 4.01. The lowest BCUT2D eigenvalue weighted by atomic mass is 10.2. The quantitative estimate of drug-likeness (QED) is 0.419. The summed E-state index contributed by atoms with van der Waals surface area (Å²) in [6, 6.07) is 0. The van der Waals surface area contributed by atoms with Gasteiger partial charge in [0.05, 0.1) is 0 Å². The van der Waals surface area contributed by atoms with Gasteiger partial charge in [-0.05, 0) is 19.9 Å². The van der Waals surface area contributed by atoms with E-state index in [2.05, 4.69) is 0 Å². The summed E-state index contributed by atoms with van der Waals surface area (Å²) in [6.07, 6.45) is 2.61. The molecule has 0 aromatic heterocycles. The molecule has 2 nitrogen and oxygen atoms in total. The van der Waals surface area contributed by atoms with Crippen LogP contribution < -0.4 is 0 Å². The molecule has 0 saturated heterocycles. The monoisotopic (exact) mass is 126 g/mol. The van der Waals surface area contributed by atoms with Gasteiger partial charge >= 0.3 is 0 Å². The van der Waals surface area contributed by atoms with Gasteiger partial charge in [-0.3, -0.25) is 4.79 Å². The third-order valence-corrected chi connectivity index (χ3v) is 0.855. The maximum Gasteiger partial charge on any atom is 0.152 e. The van der Waals surface area contributed by atoms with Gasteiger partial charge < -0.3 is 4.79 Å². The van der Waals surface area contributed by atoms with Crippen molar-refractivity contribution in [2.75, 3.05) is 0 Å². The minimum atomic E-state index is -0.00523. The first kappa shape index (κ1) is 8.08. The van der Waals surface area contributed by atoms with Gasteiger partial charge in [0, 0.05) is 6.42 Å².